The van der Waals surface area contributed by atoms with Crippen molar-refractivity contribution in [1.82, 2.24) is 4.98 Å². The fourth-order valence-corrected chi connectivity index (χ4v) is 29.3. The van der Waals surface area contributed by atoms with Crippen LogP contribution in [0, 0.1) is 0 Å². The van der Waals surface area contributed by atoms with Crippen LogP contribution < -0.4 is 0 Å². The molecule has 0 atom stereocenters. The molecule has 0 saturated heterocycles. The van der Waals surface area contributed by atoms with Crippen molar-refractivity contribution in [2.75, 3.05) is 0 Å². The van der Waals surface area contributed by atoms with Gasteiger partial charge in [-0.2, -0.15) is 0 Å². The molecular weight excluding hydrogens is 482 g/mol. The van der Waals surface area contributed by atoms with Crippen LogP contribution in [0.3, 0.4) is 0 Å². The van der Waals surface area contributed by atoms with E-state index in [1.54, 1.807) is 0 Å². The van der Waals surface area contributed by atoms with E-state index in [1.807, 2.05) is 33.5 Å². The van der Waals surface area contributed by atoms with Crippen molar-refractivity contribution in [3.8, 4) is 0 Å². The minimum absolute atomic E-state index is 0.168. The van der Waals surface area contributed by atoms with Crippen molar-refractivity contribution >= 4 is 25.5 Å². The van der Waals surface area contributed by atoms with Crippen LogP contribution in [0.5, 0.6) is 0 Å². The van der Waals surface area contributed by atoms with Gasteiger partial charge in [-0.1, -0.05) is 0 Å². The number of para-hydroxylation sites is 2. The molecule has 0 amide bonds. The molecule has 5 heteroatoms. The maximum absolute atomic E-state index is 5.90. The Morgan fingerprint density at radius 2 is 1.57 bits per heavy atom. The maximum atomic E-state index is 5.90. The molecule has 0 N–H and O–H groups in total. The van der Waals surface area contributed by atoms with Gasteiger partial charge in [0.2, 0.25) is 0 Å². The van der Waals surface area contributed by atoms with Crippen LogP contribution in [0.15, 0.2) is 33.9 Å². The number of hydrogen-bond acceptors (Lipinski definition) is 3. The van der Waals surface area contributed by atoms with Crippen molar-refractivity contribution < 1.29 is 22.3 Å². The molecule has 0 radical (unpaired) electrons. The molecule has 1 aromatic carbocycles. The molecule has 1 aromatic heterocycles. The predicted octanol–water partition coefficient (Wildman–Crippen LogP) is 5.81. The van der Waals surface area contributed by atoms with E-state index < -0.39 is 5.15 Å². The standard InChI is InChI=1S/C9H21P.C7H5NOS.Au/c1-7(2)10(8(3)4)9(5)6;10-7-8-5-3-1-2-4-6(5)9-7;/h7-9H,1-6H3;1-4H,(H,8,10);. The van der Waals surface area contributed by atoms with E-state index in [1.165, 1.54) is 0 Å². The van der Waals surface area contributed by atoms with Crippen LogP contribution in [0.25, 0.3) is 11.1 Å². The van der Waals surface area contributed by atoms with Crippen LogP contribution >= 0.6 is 14.4 Å². The molecule has 0 unspecified atom stereocenters. The van der Waals surface area contributed by atoms with Crippen LogP contribution in [0.2, 0.25) is 0 Å². The van der Waals surface area contributed by atoms with Gasteiger partial charge in [0.05, 0.1) is 0 Å². The zero-order valence-corrected chi connectivity index (χ0v) is 17.6. The molecule has 0 bridgehead atoms. The molecule has 2 rings (SSSR count). The molecule has 123 valence electrons. The summed E-state index contributed by atoms with van der Waals surface area (Å²) in [5, 5.41) is -0.427. The summed E-state index contributed by atoms with van der Waals surface area (Å²) in [5.41, 5.74) is 4.34. The Kier molecular flexibility index (Phi) is 6.01. The minimum atomic E-state index is -1.30. The van der Waals surface area contributed by atoms with Crippen LogP contribution in [-0.4, -0.2) is 22.0 Å². The summed E-state index contributed by atoms with van der Waals surface area (Å²) in [6, 6.07) is 8.05. The third-order valence-electron chi connectivity index (χ3n) is 3.99. The van der Waals surface area contributed by atoms with Crippen LogP contribution in [0.4, 0.5) is 0 Å². The Balaban J connectivity index is 2.21. The van der Waals surface area contributed by atoms with Gasteiger partial charge >= 0.3 is 141 Å². The molecule has 21 heavy (non-hydrogen) atoms. The third-order valence-corrected chi connectivity index (χ3v) is 31.7. The molecule has 0 spiro atoms. The zero-order valence-electron chi connectivity index (χ0n) is 13.6. The van der Waals surface area contributed by atoms with E-state index in [9.17, 15) is 0 Å². The van der Waals surface area contributed by atoms with E-state index in [0.29, 0.717) is 0 Å². The van der Waals surface area contributed by atoms with Crippen LogP contribution in [0.1, 0.15) is 41.5 Å². The predicted molar refractivity (Wildman–Crippen MR) is 93.6 cm³/mol. The van der Waals surface area contributed by atoms with Crippen molar-refractivity contribution in [1.29, 1.82) is 0 Å². The molecule has 0 aliphatic heterocycles. The average Bonchev–Trinajstić information content (AvgIpc) is 2.80. The SMILES string of the molecule is CC(C)[PH]([Au][S]c1nc2ccccc2o1)(C(C)C)C(C)C. The number of benzene rings is 1. The van der Waals surface area contributed by atoms with Gasteiger partial charge in [0.25, 0.3) is 0 Å². The van der Waals surface area contributed by atoms with E-state index >= 15 is 0 Å². The van der Waals surface area contributed by atoms with Gasteiger partial charge in [-0.25, -0.2) is 0 Å². The summed E-state index contributed by atoms with van der Waals surface area (Å²) in [5.74, 6) is 0. The molecule has 0 saturated carbocycles. The van der Waals surface area contributed by atoms with E-state index in [-0.39, 0.29) is 17.9 Å². The summed E-state index contributed by atoms with van der Waals surface area (Å²) in [4.78, 5) is 4.64. The number of oxazole rings is 1. The Labute approximate surface area is 140 Å². The van der Waals surface area contributed by atoms with Gasteiger partial charge < -0.3 is 0 Å². The summed E-state index contributed by atoms with van der Waals surface area (Å²) in [7, 11) is 1.92. The van der Waals surface area contributed by atoms with Gasteiger partial charge in [-0.3, -0.25) is 0 Å². The van der Waals surface area contributed by atoms with E-state index in [2.05, 4.69) is 46.5 Å². The van der Waals surface area contributed by atoms with Gasteiger partial charge in [-0.15, -0.1) is 0 Å². The van der Waals surface area contributed by atoms with Crippen molar-refractivity contribution in [3.05, 3.63) is 24.3 Å². The van der Waals surface area contributed by atoms with Gasteiger partial charge in [0.1, 0.15) is 0 Å². The van der Waals surface area contributed by atoms with E-state index in [0.717, 1.165) is 33.3 Å². The Morgan fingerprint density at radius 1 is 1.00 bits per heavy atom. The topological polar surface area (TPSA) is 26.0 Å². The fraction of sp³-hybridized carbons (Fsp3) is 0.562. The number of fused-ring (bicyclic) bond motifs is 1. The Hall–Kier alpha value is 0.210. The first-order valence-corrected chi connectivity index (χ1v) is 16.1. The van der Waals surface area contributed by atoms with Crippen molar-refractivity contribution in [2.24, 2.45) is 0 Å². The fourth-order valence-electron chi connectivity index (χ4n) is 3.17. The number of rotatable bonds is 6. The number of nitrogens with zero attached hydrogens (tertiary/aromatic N) is 1. The molecular formula is C16H26AuNOPS. The summed E-state index contributed by atoms with van der Waals surface area (Å²) < 4.78 is 5.90. The molecule has 2 aromatic rings. The van der Waals surface area contributed by atoms with Crippen molar-refractivity contribution in [2.45, 2.75) is 63.7 Å². The zero-order chi connectivity index (χ0) is 15.6. The second-order valence-electron chi connectivity index (χ2n) is 6.30. The third kappa shape index (κ3) is 3.59. The molecule has 1 heterocycles. The summed E-state index contributed by atoms with van der Waals surface area (Å²) in [6.07, 6.45) is 0. The normalized spacial score (nSPS) is 14.0. The monoisotopic (exact) mass is 508 g/mol. The van der Waals surface area contributed by atoms with Gasteiger partial charge in [-0.05, 0) is 0 Å². The molecule has 0 aliphatic rings. The van der Waals surface area contributed by atoms with Crippen molar-refractivity contribution in [3.63, 3.8) is 0 Å². The van der Waals surface area contributed by atoms with Gasteiger partial charge in [0.15, 0.2) is 0 Å². The summed E-state index contributed by atoms with van der Waals surface area (Å²) in [6.45, 7) is 14.6. The first-order chi connectivity index (χ1) is 9.87. The number of hydrogen-bond donors (Lipinski definition) is 0. The molecule has 2 nitrogen and oxygen atoms in total. The Bertz CT molecular complexity index is 542. The second-order valence-corrected chi connectivity index (χ2v) is 23.2. The first kappa shape index (κ1) is 17.6. The molecule has 0 aliphatic carbocycles. The van der Waals surface area contributed by atoms with E-state index in [4.69, 9.17) is 4.42 Å². The molecule has 0 fully saturated rings. The average molecular weight is 508 g/mol. The Morgan fingerprint density at radius 3 is 2.10 bits per heavy atom. The summed E-state index contributed by atoms with van der Waals surface area (Å²) >= 11 is 0.168. The quantitative estimate of drug-likeness (QED) is 0.364. The number of aromatic nitrogens is 1. The van der Waals surface area contributed by atoms with Crippen LogP contribution in [-0.2, 0) is 17.9 Å². The van der Waals surface area contributed by atoms with Gasteiger partial charge in [0, 0.05) is 0 Å². The second kappa shape index (κ2) is 7.19. The first-order valence-electron chi connectivity index (χ1n) is 7.49.